The van der Waals surface area contributed by atoms with E-state index >= 15 is 0 Å². The summed E-state index contributed by atoms with van der Waals surface area (Å²) in [6, 6.07) is 9.11. The number of hydrogen-bond donors (Lipinski definition) is 2. The number of halogens is 3. The zero-order valence-corrected chi connectivity index (χ0v) is 15.1. The normalized spacial score (nSPS) is 13.0. The second-order valence-electron chi connectivity index (χ2n) is 5.86. The van der Waals surface area contributed by atoms with Crippen molar-refractivity contribution in [1.82, 2.24) is 5.32 Å². The van der Waals surface area contributed by atoms with Crippen molar-refractivity contribution in [3.63, 3.8) is 0 Å². The van der Waals surface area contributed by atoms with E-state index in [4.69, 9.17) is 0 Å². The van der Waals surface area contributed by atoms with Gasteiger partial charge in [-0.2, -0.15) is 13.2 Å². The van der Waals surface area contributed by atoms with E-state index in [0.717, 1.165) is 12.1 Å². The molecule has 0 aliphatic rings. The first-order valence-corrected chi connectivity index (χ1v) is 9.64. The summed E-state index contributed by atoms with van der Waals surface area (Å²) in [6.07, 6.45) is -4.97. The molecule has 6 nitrogen and oxygen atoms in total. The molecule has 0 aliphatic heterocycles. The number of alkyl halides is 3. The molecule has 150 valence electrons. The van der Waals surface area contributed by atoms with Gasteiger partial charge in [-0.15, -0.1) is 0 Å². The minimum Gasteiger partial charge on any atom is -0.480 e. The third kappa shape index (κ3) is 5.56. The van der Waals surface area contributed by atoms with Crippen LogP contribution in [0.1, 0.15) is 22.3 Å². The van der Waals surface area contributed by atoms with Crippen molar-refractivity contribution in [2.24, 2.45) is 0 Å². The van der Waals surface area contributed by atoms with Crippen molar-refractivity contribution < 1.29 is 36.3 Å². The molecule has 0 unspecified atom stereocenters. The van der Waals surface area contributed by atoms with Gasteiger partial charge in [0.05, 0.1) is 16.2 Å². The highest BCUT2D eigenvalue weighted by atomic mass is 32.2. The zero-order chi connectivity index (χ0) is 20.9. The summed E-state index contributed by atoms with van der Waals surface area (Å²) in [5.74, 6) is -2.90. The molecule has 2 N–H and O–H groups in total. The number of aliphatic carboxylic acids is 1. The molecule has 2 aromatic carbocycles. The minimum absolute atomic E-state index is 0.0215. The van der Waals surface area contributed by atoms with E-state index in [9.17, 15) is 36.3 Å². The molecule has 0 radical (unpaired) electrons. The maximum absolute atomic E-state index is 12.6. The van der Waals surface area contributed by atoms with Gasteiger partial charge in [0.15, 0.2) is 9.84 Å². The number of rotatable bonds is 7. The molecular weight excluding hydrogens is 399 g/mol. The fraction of sp³-hybridized carbons (Fsp3) is 0.222. The van der Waals surface area contributed by atoms with Crippen molar-refractivity contribution in [2.45, 2.75) is 23.5 Å². The third-order valence-corrected chi connectivity index (χ3v) is 5.62. The first-order chi connectivity index (χ1) is 13.0. The molecule has 0 heterocycles. The van der Waals surface area contributed by atoms with E-state index in [1.165, 1.54) is 24.3 Å². The minimum atomic E-state index is -4.57. The lowest BCUT2D eigenvalue weighted by Crippen LogP contribution is -2.42. The van der Waals surface area contributed by atoms with Crippen LogP contribution in [0.4, 0.5) is 13.2 Å². The number of carbonyl (C=O) groups is 2. The molecule has 0 bridgehead atoms. The van der Waals surface area contributed by atoms with E-state index in [0.29, 0.717) is 12.1 Å². The second-order valence-corrected chi connectivity index (χ2v) is 7.97. The summed E-state index contributed by atoms with van der Waals surface area (Å²) < 4.78 is 62.1. The van der Waals surface area contributed by atoms with Crippen molar-refractivity contribution in [3.8, 4) is 0 Å². The Bertz CT molecular complexity index is 941. The van der Waals surface area contributed by atoms with Gasteiger partial charge in [0, 0.05) is 5.56 Å². The summed E-state index contributed by atoms with van der Waals surface area (Å²) in [5, 5.41) is 11.4. The third-order valence-electron chi connectivity index (χ3n) is 3.86. The molecule has 0 aliphatic carbocycles. The lowest BCUT2D eigenvalue weighted by Gasteiger charge is -2.15. The van der Waals surface area contributed by atoms with Gasteiger partial charge in [-0.05, 0) is 42.8 Å². The van der Waals surface area contributed by atoms with Crippen LogP contribution in [-0.2, 0) is 20.8 Å². The van der Waals surface area contributed by atoms with Crippen molar-refractivity contribution in [1.29, 1.82) is 0 Å². The molecule has 28 heavy (non-hydrogen) atoms. The van der Waals surface area contributed by atoms with E-state index < -0.39 is 51.7 Å². The molecule has 2 aromatic rings. The Kier molecular flexibility index (Phi) is 6.45. The molecule has 10 heteroatoms. The molecular formula is C18H16F3NO5S. The fourth-order valence-electron chi connectivity index (χ4n) is 2.33. The molecule has 1 amide bonds. The number of hydrogen-bond acceptors (Lipinski definition) is 4. The van der Waals surface area contributed by atoms with Crippen LogP contribution in [-0.4, -0.2) is 37.2 Å². The Morgan fingerprint density at radius 1 is 1.00 bits per heavy atom. The Balaban J connectivity index is 2.06. The van der Waals surface area contributed by atoms with Crippen LogP contribution in [0.15, 0.2) is 59.5 Å². The monoisotopic (exact) mass is 415 g/mol. The first kappa shape index (κ1) is 21.4. The molecule has 2 rings (SSSR count). The van der Waals surface area contributed by atoms with Gasteiger partial charge < -0.3 is 10.4 Å². The number of nitrogens with one attached hydrogen (secondary N) is 1. The first-order valence-electron chi connectivity index (χ1n) is 7.99. The number of benzene rings is 2. The number of sulfone groups is 1. The zero-order valence-electron chi connectivity index (χ0n) is 14.3. The molecule has 0 saturated heterocycles. The van der Waals surface area contributed by atoms with Crippen LogP contribution in [0.3, 0.4) is 0 Å². The molecule has 0 aromatic heterocycles. The average molecular weight is 415 g/mol. The van der Waals surface area contributed by atoms with Crippen LogP contribution >= 0.6 is 0 Å². The summed E-state index contributed by atoms with van der Waals surface area (Å²) in [7, 11) is -3.75. The summed E-state index contributed by atoms with van der Waals surface area (Å²) in [6.45, 7) is 0. The van der Waals surface area contributed by atoms with Gasteiger partial charge in [-0.25, -0.2) is 13.2 Å². The summed E-state index contributed by atoms with van der Waals surface area (Å²) in [4.78, 5) is 23.5. The van der Waals surface area contributed by atoms with Crippen LogP contribution in [0.5, 0.6) is 0 Å². The van der Waals surface area contributed by atoms with E-state index in [1.807, 2.05) is 0 Å². The van der Waals surface area contributed by atoms with E-state index in [-0.39, 0.29) is 10.5 Å². The predicted molar refractivity (Wildman–Crippen MR) is 93.4 cm³/mol. The second kappa shape index (κ2) is 8.42. The van der Waals surface area contributed by atoms with Gasteiger partial charge in [-0.1, -0.05) is 18.2 Å². The smallest absolute Gasteiger partial charge is 0.416 e. The highest BCUT2D eigenvalue weighted by Crippen LogP contribution is 2.29. The van der Waals surface area contributed by atoms with Gasteiger partial charge >= 0.3 is 12.1 Å². The Labute approximate surface area is 158 Å². The lowest BCUT2D eigenvalue weighted by molar-refractivity contribution is -0.139. The average Bonchev–Trinajstić information content (AvgIpc) is 2.64. The highest BCUT2D eigenvalue weighted by molar-refractivity contribution is 7.91. The van der Waals surface area contributed by atoms with Gasteiger partial charge in [-0.3, -0.25) is 4.79 Å². The van der Waals surface area contributed by atoms with Gasteiger partial charge in [0.25, 0.3) is 5.91 Å². The predicted octanol–water partition coefficient (Wildman–Crippen LogP) is 2.75. The Hall–Kier alpha value is -2.88. The maximum Gasteiger partial charge on any atom is 0.416 e. The molecule has 0 saturated carbocycles. The van der Waals surface area contributed by atoms with Crippen LogP contribution < -0.4 is 5.32 Å². The van der Waals surface area contributed by atoms with Crippen molar-refractivity contribution in [3.05, 3.63) is 65.7 Å². The van der Waals surface area contributed by atoms with E-state index in [1.54, 1.807) is 6.07 Å². The van der Waals surface area contributed by atoms with Crippen LogP contribution in [0.2, 0.25) is 0 Å². The topological polar surface area (TPSA) is 101 Å². The molecule has 0 fully saturated rings. The van der Waals surface area contributed by atoms with E-state index in [2.05, 4.69) is 5.32 Å². The largest absolute Gasteiger partial charge is 0.480 e. The number of carboxylic acids is 1. The highest BCUT2D eigenvalue weighted by Gasteiger charge is 2.30. The number of amides is 1. The number of carbonyl (C=O) groups excluding carboxylic acids is 1. The quantitative estimate of drug-likeness (QED) is 0.724. The van der Waals surface area contributed by atoms with Crippen LogP contribution in [0, 0.1) is 0 Å². The SMILES string of the molecule is O=C(N[C@H](CCS(=O)(=O)c1ccccc1)C(=O)O)c1ccc(C(F)(F)F)cc1. The summed E-state index contributed by atoms with van der Waals surface area (Å²) in [5.41, 5.74) is -1.13. The van der Waals surface area contributed by atoms with Crippen LogP contribution in [0.25, 0.3) is 0 Å². The maximum atomic E-state index is 12.6. The Morgan fingerprint density at radius 2 is 1.57 bits per heavy atom. The van der Waals surface area contributed by atoms with Crippen molar-refractivity contribution >= 4 is 21.7 Å². The standard InChI is InChI=1S/C18H16F3NO5S/c19-18(20,21)13-8-6-12(7-9-13)16(23)22-15(17(24)25)10-11-28(26,27)14-4-2-1-3-5-14/h1-9,15H,10-11H2,(H,22,23)(H,24,25)/t15-/m1/s1. The Morgan fingerprint density at radius 3 is 2.07 bits per heavy atom. The van der Waals surface area contributed by atoms with Crippen molar-refractivity contribution in [2.75, 3.05) is 5.75 Å². The summed E-state index contributed by atoms with van der Waals surface area (Å²) >= 11 is 0. The number of carboxylic acid groups (broad SMARTS) is 1. The van der Waals surface area contributed by atoms with Gasteiger partial charge in [0.2, 0.25) is 0 Å². The lowest BCUT2D eigenvalue weighted by atomic mass is 10.1. The molecule has 1 atom stereocenters. The molecule has 0 spiro atoms. The fourth-order valence-corrected chi connectivity index (χ4v) is 3.68. The van der Waals surface area contributed by atoms with Gasteiger partial charge in [0.1, 0.15) is 6.04 Å².